The number of hydrogen-bond donors (Lipinski definition) is 0. The fraction of sp³-hybridized carbons (Fsp3) is 0.387. The van der Waals surface area contributed by atoms with Gasteiger partial charge in [-0.25, -0.2) is 8.42 Å². The standard InChI is InChI=1S/C31H33F3N2O5S/c1-3-41-27(37)20-36-21(2)25(19-24-11-7-8-12-26(24)42(38,39)35-15-17-40-18-16-35)28(29(22-13-14-22)31(32,33)34)30(36)23-9-5-4-6-10-23/h4-12H,3,13-20H2,1-2H3. The molecule has 3 aromatic rings. The lowest BCUT2D eigenvalue weighted by Gasteiger charge is -2.27. The fourth-order valence-electron chi connectivity index (χ4n) is 5.55. The van der Waals surface area contributed by atoms with Crippen LogP contribution in [-0.2, 0) is 37.3 Å². The topological polar surface area (TPSA) is 77.8 Å². The van der Waals surface area contributed by atoms with E-state index in [0.29, 0.717) is 40.8 Å². The molecule has 1 aliphatic carbocycles. The van der Waals surface area contributed by atoms with Crippen molar-refractivity contribution in [2.45, 2.75) is 50.7 Å². The van der Waals surface area contributed by atoms with Crippen molar-refractivity contribution in [1.82, 2.24) is 8.87 Å². The highest BCUT2D eigenvalue weighted by molar-refractivity contribution is 7.89. The number of esters is 1. The van der Waals surface area contributed by atoms with Gasteiger partial charge in [-0.3, -0.25) is 4.79 Å². The lowest BCUT2D eigenvalue weighted by molar-refractivity contribution is -0.143. The second-order valence-corrected chi connectivity index (χ2v) is 12.2. The highest BCUT2D eigenvalue weighted by atomic mass is 32.2. The molecule has 11 heteroatoms. The van der Waals surface area contributed by atoms with Gasteiger partial charge in [0.05, 0.1) is 36.0 Å². The number of benzene rings is 2. The van der Waals surface area contributed by atoms with Gasteiger partial charge in [-0.1, -0.05) is 54.1 Å². The summed E-state index contributed by atoms with van der Waals surface area (Å²) in [6.07, 6.45) is -4.09. The summed E-state index contributed by atoms with van der Waals surface area (Å²) in [5, 5.41) is 0. The predicted molar refractivity (Wildman–Crippen MR) is 152 cm³/mol. The van der Waals surface area contributed by atoms with E-state index >= 15 is 0 Å². The van der Waals surface area contributed by atoms with Gasteiger partial charge in [-0.2, -0.15) is 17.5 Å². The quantitative estimate of drug-likeness (QED) is 0.292. The van der Waals surface area contributed by atoms with Crippen LogP contribution in [-0.4, -0.2) is 62.3 Å². The molecule has 0 amide bonds. The third kappa shape index (κ3) is 6.04. The molecule has 224 valence electrons. The van der Waals surface area contributed by atoms with Crippen LogP contribution in [0.4, 0.5) is 13.2 Å². The zero-order chi connectivity index (χ0) is 30.1. The molecule has 0 N–H and O–H groups in total. The van der Waals surface area contributed by atoms with Gasteiger partial charge in [0.2, 0.25) is 10.0 Å². The number of sulfonamides is 1. The highest BCUT2D eigenvalue weighted by Crippen LogP contribution is 2.50. The number of ether oxygens (including phenoxy) is 2. The molecule has 0 bridgehead atoms. The second-order valence-electron chi connectivity index (χ2n) is 10.3. The van der Waals surface area contributed by atoms with Crippen LogP contribution in [0.15, 0.2) is 65.1 Å². The Bertz CT molecular complexity index is 1600. The van der Waals surface area contributed by atoms with E-state index in [1.807, 2.05) is 0 Å². The van der Waals surface area contributed by atoms with E-state index in [4.69, 9.17) is 9.47 Å². The number of allylic oxidation sites excluding steroid dienone is 2. The van der Waals surface area contributed by atoms with Crippen LogP contribution in [0.5, 0.6) is 0 Å². The number of nitrogens with zero attached hydrogens (tertiary/aromatic N) is 2. The monoisotopic (exact) mass is 602 g/mol. The molecular weight excluding hydrogens is 569 g/mol. The lowest BCUT2D eigenvalue weighted by atomic mass is 9.92. The van der Waals surface area contributed by atoms with Gasteiger partial charge < -0.3 is 14.0 Å². The summed E-state index contributed by atoms with van der Waals surface area (Å²) in [5.41, 5.74) is 1.50. The number of hydrogen-bond acceptors (Lipinski definition) is 5. The Kier molecular flexibility index (Phi) is 8.63. The van der Waals surface area contributed by atoms with Crippen LogP contribution in [0.25, 0.3) is 16.8 Å². The number of rotatable bonds is 9. The summed E-state index contributed by atoms with van der Waals surface area (Å²) in [7, 11) is -3.93. The zero-order valence-corrected chi connectivity index (χ0v) is 24.4. The van der Waals surface area contributed by atoms with E-state index in [-0.39, 0.29) is 62.0 Å². The molecular formula is C31H33F3N2O5S. The summed E-state index contributed by atoms with van der Waals surface area (Å²) in [5.74, 6) is -0.575. The maximum atomic E-state index is 14.9. The minimum Gasteiger partial charge on any atom is -0.465 e. The van der Waals surface area contributed by atoms with Crippen molar-refractivity contribution in [3.05, 3.63) is 82.6 Å². The van der Waals surface area contributed by atoms with Gasteiger partial charge >= 0.3 is 12.1 Å². The highest BCUT2D eigenvalue weighted by Gasteiger charge is 2.44. The summed E-state index contributed by atoms with van der Waals surface area (Å²) in [6.45, 7) is 4.11. The second kappa shape index (κ2) is 12.1. The summed E-state index contributed by atoms with van der Waals surface area (Å²) < 4.78 is 85.5. The molecule has 0 unspecified atom stereocenters. The molecule has 2 aromatic carbocycles. The van der Waals surface area contributed by atoms with Crippen LogP contribution in [0, 0.1) is 6.92 Å². The third-order valence-electron chi connectivity index (χ3n) is 7.60. The number of carbonyl (C=O) groups excluding carboxylic acids is 1. The molecule has 7 nitrogen and oxygen atoms in total. The molecule has 0 atom stereocenters. The van der Waals surface area contributed by atoms with E-state index in [1.54, 1.807) is 66.9 Å². The minimum atomic E-state index is -4.66. The Labute approximate surface area is 243 Å². The van der Waals surface area contributed by atoms with Gasteiger partial charge in [-0.05, 0) is 49.4 Å². The van der Waals surface area contributed by atoms with Crippen LogP contribution in [0.3, 0.4) is 0 Å². The smallest absolute Gasteiger partial charge is 0.417 e. The Morgan fingerprint density at radius 2 is 1.64 bits per heavy atom. The molecule has 1 saturated carbocycles. The van der Waals surface area contributed by atoms with E-state index in [0.717, 1.165) is 0 Å². The number of aromatic nitrogens is 1. The Morgan fingerprint density at radius 1 is 1.00 bits per heavy atom. The predicted octanol–water partition coefficient (Wildman–Crippen LogP) is 5.75. The minimum absolute atomic E-state index is 0.0124. The van der Waals surface area contributed by atoms with Crippen molar-refractivity contribution in [3.63, 3.8) is 0 Å². The number of halogens is 3. The molecule has 0 spiro atoms. The average Bonchev–Trinajstić information content (AvgIpc) is 3.76. The molecule has 1 aliphatic heterocycles. The molecule has 2 aliphatic rings. The number of morpholine rings is 1. The Balaban J connectivity index is 1.75. The Morgan fingerprint density at radius 3 is 2.26 bits per heavy atom. The van der Waals surface area contributed by atoms with Gasteiger partial charge in [0.15, 0.2) is 0 Å². The summed E-state index contributed by atoms with van der Waals surface area (Å²) in [4.78, 5) is 12.8. The van der Waals surface area contributed by atoms with Crippen LogP contribution in [0.1, 0.15) is 42.1 Å². The van der Waals surface area contributed by atoms with E-state index in [2.05, 4.69) is 0 Å². The van der Waals surface area contributed by atoms with E-state index < -0.39 is 27.7 Å². The van der Waals surface area contributed by atoms with Crippen molar-refractivity contribution in [3.8, 4) is 11.3 Å². The third-order valence-corrected chi connectivity index (χ3v) is 9.60. The van der Waals surface area contributed by atoms with Gasteiger partial charge in [-0.15, -0.1) is 0 Å². The van der Waals surface area contributed by atoms with Gasteiger partial charge in [0.25, 0.3) is 0 Å². The first-order chi connectivity index (χ1) is 20.0. The molecule has 2 heterocycles. The normalized spacial score (nSPS) is 16.0. The Hall–Kier alpha value is -3.41. The van der Waals surface area contributed by atoms with E-state index in [9.17, 15) is 26.4 Å². The van der Waals surface area contributed by atoms with Crippen LogP contribution < -0.4 is 0 Å². The van der Waals surface area contributed by atoms with Crippen molar-refractivity contribution in [2.24, 2.45) is 0 Å². The average molecular weight is 603 g/mol. The SMILES string of the molecule is CCOC(=O)Cn1c(C)c(Cc2ccccc2S(=O)(=O)N2CCOCC2)c(C(=C2CC2)C(F)(F)F)c1-c1ccccc1. The van der Waals surface area contributed by atoms with Crippen molar-refractivity contribution < 1.29 is 35.9 Å². The van der Waals surface area contributed by atoms with Crippen LogP contribution >= 0.6 is 0 Å². The molecule has 1 aromatic heterocycles. The molecule has 5 rings (SSSR count). The molecule has 42 heavy (non-hydrogen) atoms. The fourth-order valence-corrected chi connectivity index (χ4v) is 7.18. The maximum absolute atomic E-state index is 14.9. The number of carbonyl (C=O) groups is 1. The summed E-state index contributed by atoms with van der Waals surface area (Å²) >= 11 is 0. The van der Waals surface area contributed by atoms with Crippen LogP contribution in [0.2, 0.25) is 0 Å². The maximum Gasteiger partial charge on any atom is 0.417 e. The van der Waals surface area contributed by atoms with Crippen molar-refractivity contribution in [1.29, 1.82) is 0 Å². The number of alkyl halides is 3. The largest absolute Gasteiger partial charge is 0.465 e. The summed E-state index contributed by atoms with van der Waals surface area (Å²) in [6, 6.07) is 15.1. The van der Waals surface area contributed by atoms with Gasteiger partial charge in [0, 0.05) is 30.8 Å². The first-order valence-electron chi connectivity index (χ1n) is 13.9. The zero-order valence-electron chi connectivity index (χ0n) is 23.5. The van der Waals surface area contributed by atoms with Crippen molar-refractivity contribution >= 4 is 21.6 Å². The molecule has 0 radical (unpaired) electrons. The van der Waals surface area contributed by atoms with E-state index in [1.165, 1.54) is 10.4 Å². The van der Waals surface area contributed by atoms with Gasteiger partial charge in [0.1, 0.15) is 6.54 Å². The lowest BCUT2D eigenvalue weighted by Crippen LogP contribution is -2.40. The molecule has 2 fully saturated rings. The first kappa shape index (κ1) is 30.1. The first-order valence-corrected chi connectivity index (χ1v) is 15.4. The van der Waals surface area contributed by atoms with Crippen molar-refractivity contribution in [2.75, 3.05) is 32.9 Å². The molecule has 1 saturated heterocycles.